The largest absolute Gasteiger partial charge is 0.466 e. The van der Waals surface area contributed by atoms with Gasteiger partial charge in [-0.1, -0.05) is 0 Å². The Balaban J connectivity index is 3.32. The van der Waals surface area contributed by atoms with Crippen molar-refractivity contribution in [3.05, 3.63) is 28.8 Å². The van der Waals surface area contributed by atoms with Gasteiger partial charge in [0.2, 0.25) is 0 Å². The number of rotatable bonds is 5. The molecule has 0 amide bonds. The minimum absolute atomic E-state index is 0.0286. The van der Waals surface area contributed by atoms with Crippen LogP contribution >= 0.6 is 11.8 Å². The van der Waals surface area contributed by atoms with Gasteiger partial charge >= 0.3 is 11.5 Å². The van der Waals surface area contributed by atoms with E-state index < -0.39 is 52.1 Å². The van der Waals surface area contributed by atoms with E-state index in [9.17, 15) is 26.7 Å². The fourth-order valence-electron chi connectivity index (χ4n) is 1.64. The van der Waals surface area contributed by atoms with Crippen molar-refractivity contribution in [3.63, 3.8) is 0 Å². The zero-order valence-electron chi connectivity index (χ0n) is 11.2. The van der Waals surface area contributed by atoms with Crippen LogP contribution in [0.4, 0.5) is 22.0 Å². The fraction of sp³-hybridized carbons (Fsp3) is 0.385. The summed E-state index contributed by atoms with van der Waals surface area (Å²) in [5, 5.41) is 8.82. The Morgan fingerprint density at radius 1 is 1.41 bits per heavy atom. The molecule has 1 aromatic rings. The quantitative estimate of drug-likeness (QED) is 0.458. The molecule has 0 aromatic heterocycles. The Labute approximate surface area is 127 Å². The number of nitriles is 1. The van der Waals surface area contributed by atoms with Crippen molar-refractivity contribution in [1.29, 1.82) is 5.26 Å². The number of esters is 1. The van der Waals surface area contributed by atoms with Crippen LogP contribution in [0.25, 0.3) is 0 Å². The van der Waals surface area contributed by atoms with Crippen molar-refractivity contribution in [2.75, 3.05) is 6.61 Å². The second kappa shape index (κ2) is 7.45. The van der Waals surface area contributed by atoms with Gasteiger partial charge in [-0.25, -0.2) is 8.78 Å². The third kappa shape index (κ3) is 5.18. The van der Waals surface area contributed by atoms with E-state index in [1.54, 1.807) is 0 Å². The Bertz CT molecular complexity index is 595. The monoisotopic (exact) mass is 339 g/mol. The van der Waals surface area contributed by atoms with E-state index >= 15 is 0 Å². The highest BCUT2D eigenvalue weighted by molar-refractivity contribution is 8.00. The predicted octanol–water partition coefficient (Wildman–Crippen LogP) is 4.21. The van der Waals surface area contributed by atoms with Crippen molar-refractivity contribution < 1.29 is 31.5 Å². The lowest BCUT2D eigenvalue weighted by Gasteiger charge is -2.14. The second-order valence-electron chi connectivity index (χ2n) is 3.99. The maximum absolute atomic E-state index is 12.8. The molecule has 9 heteroatoms. The molecule has 120 valence electrons. The molecule has 0 bridgehead atoms. The van der Waals surface area contributed by atoms with Gasteiger partial charge in [-0.2, -0.15) is 18.4 Å². The zero-order chi connectivity index (χ0) is 16.9. The highest BCUT2D eigenvalue weighted by Crippen LogP contribution is 2.41. The minimum atomic E-state index is -4.71. The fourth-order valence-corrected chi connectivity index (χ4v) is 2.34. The molecule has 0 heterocycles. The number of alkyl halides is 5. The summed E-state index contributed by atoms with van der Waals surface area (Å²) in [6, 6.07) is 2.95. The zero-order valence-corrected chi connectivity index (χ0v) is 12.0. The van der Waals surface area contributed by atoms with Crippen LogP contribution in [-0.2, 0) is 16.0 Å². The first kappa shape index (κ1) is 18.2. The maximum Gasteiger partial charge on any atom is 0.446 e. The number of halogens is 5. The molecule has 0 saturated carbocycles. The molecule has 0 unspecified atom stereocenters. The Morgan fingerprint density at radius 2 is 2.05 bits per heavy atom. The highest BCUT2D eigenvalue weighted by atomic mass is 32.2. The van der Waals surface area contributed by atoms with Gasteiger partial charge in [0.15, 0.2) is 0 Å². The van der Waals surface area contributed by atoms with Crippen LogP contribution in [0.5, 0.6) is 0 Å². The third-order valence-corrected chi connectivity index (χ3v) is 3.29. The van der Waals surface area contributed by atoms with Crippen molar-refractivity contribution >= 4 is 17.7 Å². The Morgan fingerprint density at radius 3 is 2.50 bits per heavy atom. The summed E-state index contributed by atoms with van der Waals surface area (Å²) < 4.78 is 67.8. The molecule has 0 aliphatic rings. The summed E-state index contributed by atoms with van der Waals surface area (Å²) in [6.45, 7) is 1.55. The third-order valence-electron chi connectivity index (χ3n) is 2.45. The minimum Gasteiger partial charge on any atom is -0.466 e. The summed E-state index contributed by atoms with van der Waals surface area (Å²) in [6.07, 6.45) is -3.64. The second-order valence-corrected chi connectivity index (χ2v) is 5.10. The van der Waals surface area contributed by atoms with Crippen LogP contribution in [-0.4, -0.2) is 18.1 Å². The molecular weight excluding hydrogens is 329 g/mol. The van der Waals surface area contributed by atoms with Crippen molar-refractivity contribution in [3.8, 4) is 6.07 Å². The number of nitrogens with zero attached hydrogens (tertiary/aromatic N) is 1. The molecule has 0 atom stereocenters. The van der Waals surface area contributed by atoms with Gasteiger partial charge < -0.3 is 4.74 Å². The molecule has 0 aliphatic carbocycles. The average molecular weight is 339 g/mol. The van der Waals surface area contributed by atoms with Crippen molar-refractivity contribution in [2.24, 2.45) is 0 Å². The molecule has 0 saturated heterocycles. The van der Waals surface area contributed by atoms with Crippen LogP contribution in [0.1, 0.15) is 30.0 Å². The number of carbonyl (C=O) groups excluding carboxylic acids is 1. The smallest absolute Gasteiger partial charge is 0.446 e. The van der Waals surface area contributed by atoms with Crippen molar-refractivity contribution in [2.45, 2.75) is 30.2 Å². The van der Waals surface area contributed by atoms with E-state index in [0.717, 1.165) is 6.07 Å². The van der Waals surface area contributed by atoms with Crippen LogP contribution in [0.15, 0.2) is 17.0 Å². The Kier molecular flexibility index (Phi) is 6.17. The number of hydrogen-bond donors (Lipinski definition) is 0. The number of thioether (sulfide) groups is 1. The van der Waals surface area contributed by atoms with E-state index in [0.29, 0.717) is 6.07 Å². The molecule has 0 fully saturated rings. The standard InChI is InChI=1S/C13H10F5NO2S/c1-2-21-11(20)4-7-3-8(6-19)9(12(14)15)5-10(7)22-13(16,17)18/h3,5,12H,2,4H2,1H3. The molecule has 22 heavy (non-hydrogen) atoms. The van der Waals surface area contributed by atoms with Crippen LogP contribution in [0, 0.1) is 11.3 Å². The van der Waals surface area contributed by atoms with Crippen LogP contribution in [0.3, 0.4) is 0 Å². The number of hydrogen-bond acceptors (Lipinski definition) is 4. The molecule has 1 rings (SSSR count). The van der Waals surface area contributed by atoms with Crippen LogP contribution < -0.4 is 0 Å². The molecule has 3 nitrogen and oxygen atoms in total. The lowest BCUT2D eigenvalue weighted by molar-refractivity contribution is -0.142. The number of benzene rings is 1. The van der Waals surface area contributed by atoms with E-state index in [-0.39, 0.29) is 12.2 Å². The SMILES string of the molecule is CCOC(=O)Cc1cc(C#N)c(C(F)F)cc1SC(F)(F)F. The molecule has 0 aliphatic heterocycles. The average Bonchev–Trinajstić information content (AvgIpc) is 2.38. The summed E-state index contributed by atoms with van der Waals surface area (Å²) in [5.41, 5.74) is -6.17. The van der Waals surface area contributed by atoms with Gasteiger partial charge in [-0.05, 0) is 36.4 Å². The normalized spacial score (nSPS) is 11.4. The topological polar surface area (TPSA) is 50.1 Å². The first-order valence-electron chi connectivity index (χ1n) is 5.94. The van der Waals surface area contributed by atoms with E-state index in [2.05, 4.69) is 4.74 Å². The van der Waals surface area contributed by atoms with Gasteiger partial charge in [0, 0.05) is 10.5 Å². The van der Waals surface area contributed by atoms with E-state index in [1.165, 1.54) is 13.0 Å². The predicted molar refractivity (Wildman–Crippen MR) is 68.4 cm³/mol. The van der Waals surface area contributed by atoms with Crippen LogP contribution in [0.2, 0.25) is 0 Å². The summed E-state index contributed by atoms with van der Waals surface area (Å²) in [5.74, 6) is -0.805. The number of carbonyl (C=O) groups is 1. The van der Waals surface area contributed by atoms with Gasteiger partial charge in [0.1, 0.15) is 0 Å². The summed E-state index contributed by atoms with van der Waals surface area (Å²) in [4.78, 5) is 10.9. The Hall–Kier alpha value is -1.82. The lowest BCUT2D eigenvalue weighted by atomic mass is 10.0. The lowest BCUT2D eigenvalue weighted by Crippen LogP contribution is -2.10. The highest BCUT2D eigenvalue weighted by Gasteiger charge is 2.32. The molecule has 0 radical (unpaired) electrons. The summed E-state index contributed by atoms with van der Waals surface area (Å²) >= 11 is -0.612. The first-order chi connectivity index (χ1) is 10.2. The van der Waals surface area contributed by atoms with E-state index in [1.807, 2.05) is 0 Å². The number of ether oxygens (including phenoxy) is 1. The van der Waals surface area contributed by atoms with Gasteiger partial charge in [-0.15, -0.1) is 0 Å². The van der Waals surface area contributed by atoms with Gasteiger partial charge in [-0.3, -0.25) is 4.79 Å². The van der Waals surface area contributed by atoms with Gasteiger partial charge in [0.05, 0.1) is 24.7 Å². The molecule has 0 N–H and O–H groups in total. The first-order valence-corrected chi connectivity index (χ1v) is 6.76. The molecular formula is C13H10F5NO2S. The van der Waals surface area contributed by atoms with E-state index in [4.69, 9.17) is 5.26 Å². The maximum atomic E-state index is 12.8. The summed E-state index contributed by atoms with van der Waals surface area (Å²) in [7, 11) is 0. The molecule has 0 spiro atoms. The molecule has 1 aromatic carbocycles. The van der Waals surface area contributed by atoms with Gasteiger partial charge in [0.25, 0.3) is 6.43 Å². The van der Waals surface area contributed by atoms with Crippen molar-refractivity contribution in [1.82, 2.24) is 0 Å².